The molecule has 1 saturated heterocycles. The number of amides is 2. The van der Waals surface area contributed by atoms with Crippen LogP contribution in [-0.4, -0.2) is 47.0 Å². The van der Waals surface area contributed by atoms with E-state index in [1.165, 1.54) is 18.4 Å². The number of carbonyl (C=O) groups is 2. The molecule has 3 heterocycles. The third-order valence-electron chi connectivity index (χ3n) is 5.55. The number of likely N-dealkylation sites (tertiary alicyclic amines) is 1. The lowest BCUT2D eigenvalue weighted by Gasteiger charge is -2.16. The fraction of sp³-hybridized carbons (Fsp3) is 0.292. The zero-order valence-electron chi connectivity index (χ0n) is 18.8. The van der Waals surface area contributed by atoms with Crippen LogP contribution in [0.3, 0.4) is 0 Å². The lowest BCUT2D eigenvalue weighted by Crippen LogP contribution is -2.18. The van der Waals surface area contributed by atoms with Gasteiger partial charge in [-0.1, -0.05) is 17.7 Å². The molecule has 9 heteroatoms. The number of carbonyl (C=O) groups excluding carboxylic acids is 2. The maximum Gasteiger partial charge on any atom is 0.250 e. The topological polar surface area (TPSA) is 116 Å². The highest BCUT2D eigenvalue weighted by Gasteiger charge is 2.19. The number of nitrogens with zero attached hydrogens (tertiary/aromatic N) is 3. The highest BCUT2D eigenvalue weighted by atomic mass is 35.5. The van der Waals surface area contributed by atoms with Crippen LogP contribution in [0.5, 0.6) is 5.88 Å². The van der Waals surface area contributed by atoms with Gasteiger partial charge in [-0.05, 0) is 56.1 Å². The minimum Gasteiger partial charge on any atom is -0.481 e. The number of nitrogens with two attached hydrogens (primary N) is 2. The lowest BCUT2D eigenvalue weighted by molar-refractivity contribution is -0.106. The van der Waals surface area contributed by atoms with Crippen molar-refractivity contribution in [2.75, 3.05) is 20.2 Å². The molecule has 1 aliphatic heterocycles. The first-order chi connectivity index (χ1) is 15.9. The maximum absolute atomic E-state index is 12.2. The molecule has 0 spiro atoms. The standard InChI is InChI=1S/C23H25ClN4O2.CH3NO/c1-15-11-26-22(30-2)10-21(15)28-13-18(19(14-28)23(25)29)17-9-16(5-6-20(17)24)12-27-7-3-4-8-27;2-1-3/h5-6,9-11,13-14H,3-4,7-8,12H2,1-2H3,(H2,25,29);1H,(H2,2,3). The molecular formula is C24H28ClN5O3. The van der Waals surface area contributed by atoms with Gasteiger partial charge in [0.05, 0.1) is 18.4 Å². The van der Waals surface area contributed by atoms with Crippen LogP contribution in [0.2, 0.25) is 5.02 Å². The average Bonchev–Trinajstić information content (AvgIpc) is 3.46. The van der Waals surface area contributed by atoms with Gasteiger partial charge in [0.1, 0.15) is 0 Å². The Morgan fingerprint density at radius 2 is 1.91 bits per heavy atom. The Balaban J connectivity index is 0.000000968. The van der Waals surface area contributed by atoms with Crippen LogP contribution >= 0.6 is 11.6 Å². The summed E-state index contributed by atoms with van der Waals surface area (Å²) < 4.78 is 7.13. The van der Waals surface area contributed by atoms with Gasteiger partial charge in [-0.2, -0.15) is 0 Å². The molecule has 2 amide bonds. The second kappa shape index (κ2) is 11.0. The predicted octanol–water partition coefficient (Wildman–Crippen LogP) is 3.31. The van der Waals surface area contributed by atoms with E-state index in [4.69, 9.17) is 26.9 Å². The Hall–Kier alpha value is -3.36. The number of aryl methyl sites for hydroxylation is 1. The zero-order valence-corrected chi connectivity index (χ0v) is 19.5. The highest BCUT2D eigenvalue weighted by molar-refractivity contribution is 6.33. The van der Waals surface area contributed by atoms with Crippen molar-refractivity contribution in [1.82, 2.24) is 14.5 Å². The number of pyridine rings is 1. The molecule has 33 heavy (non-hydrogen) atoms. The zero-order chi connectivity index (χ0) is 24.0. The first-order valence-corrected chi connectivity index (χ1v) is 10.9. The van der Waals surface area contributed by atoms with E-state index in [0.717, 1.165) is 36.4 Å². The van der Waals surface area contributed by atoms with Gasteiger partial charge < -0.3 is 20.8 Å². The molecule has 8 nitrogen and oxygen atoms in total. The third-order valence-corrected chi connectivity index (χ3v) is 5.88. The van der Waals surface area contributed by atoms with E-state index < -0.39 is 5.91 Å². The van der Waals surface area contributed by atoms with E-state index in [0.29, 0.717) is 22.0 Å². The smallest absolute Gasteiger partial charge is 0.250 e. The molecule has 0 unspecified atom stereocenters. The van der Waals surface area contributed by atoms with E-state index in [1.54, 1.807) is 19.5 Å². The van der Waals surface area contributed by atoms with Crippen molar-refractivity contribution in [2.45, 2.75) is 26.3 Å². The highest BCUT2D eigenvalue weighted by Crippen LogP contribution is 2.34. The summed E-state index contributed by atoms with van der Waals surface area (Å²) in [6.07, 6.45) is 8.10. The molecule has 174 valence electrons. The summed E-state index contributed by atoms with van der Waals surface area (Å²) in [5.74, 6) is 0.000514. The van der Waals surface area contributed by atoms with E-state index in [9.17, 15) is 4.79 Å². The third kappa shape index (κ3) is 5.71. The van der Waals surface area contributed by atoms with Gasteiger partial charge in [-0.3, -0.25) is 14.5 Å². The molecule has 1 aliphatic rings. The van der Waals surface area contributed by atoms with Gasteiger partial charge in [-0.15, -0.1) is 0 Å². The van der Waals surface area contributed by atoms with Crippen LogP contribution in [0.4, 0.5) is 0 Å². The fourth-order valence-electron chi connectivity index (χ4n) is 3.97. The molecular weight excluding hydrogens is 442 g/mol. The molecule has 0 aliphatic carbocycles. The summed E-state index contributed by atoms with van der Waals surface area (Å²) in [5.41, 5.74) is 14.8. The van der Waals surface area contributed by atoms with Crippen LogP contribution in [-0.2, 0) is 11.3 Å². The summed E-state index contributed by atoms with van der Waals surface area (Å²) >= 11 is 6.55. The minimum absolute atomic E-state index is 0.250. The average molecular weight is 470 g/mol. The molecule has 0 radical (unpaired) electrons. The molecule has 1 fully saturated rings. The van der Waals surface area contributed by atoms with Crippen molar-refractivity contribution in [1.29, 1.82) is 0 Å². The number of aromatic nitrogens is 2. The molecule has 4 N–H and O–H groups in total. The quantitative estimate of drug-likeness (QED) is 0.537. The van der Waals surface area contributed by atoms with E-state index in [1.807, 2.05) is 35.9 Å². The Morgan fingerprint density at radius 1 is 1.21 bits per heavy atom. The lowest BCUT2D eigenvalue weighted by atomic mass is 10.0. The minimum atomic E-state index is -0.497. The van der Waals surface area contributed by atoms with E-state index in [-0.39, 0.29) is 6.41 Å². The normalized spacial score (nSPS) is 13.3. The molecule has 0 bridgehead atoms. The second-order valence-electron chi connectivity index (χ2n) is 7.80. The molecule has 4 rings (SSSR count). The number of benzene rings is 1. The van der Waals surface area contributed by atoms with Gasteiger partial charge in [0.25, 0.3) is 5.91 Å². The summed E-state index contributed by atoms with van der Waals surface area (Å²) in [6, 6.07) is 7.83. The Labute approximate surface area is 198 Å². The Kier molecular flexibility index (Phi) is 8.08. The number of rotatable bonds is 6. The summed E-state index contributed by atoms with van der Waals surface area (Å²) in [7, 11) is 1.57. The van der Waals surface area contributed by atoms with Crippen molar-refractivity contribution >= 4 is 23.9 Å². The number of ether oxygens (including phenoxy) is 1. The van der Waals surface area contributed by atoms with Gasteiger partial charge in [0, 0.05) is 47.4 Å². The van der Waals surface area contributed by atoms with Crippen molar-refractivity contribution in [3.05, 3.63) is 64.6 Å². The van der Waals surface area contributed by atoms with Crippen molar-refractivity contribution in [2.24, 2.45) is 11.5 Å². The number of hydrogen-bond acceptors (Lipinski definition) is 5. The fourth-order valence-corrected chi connectivity index (χ4v) is 4.18. The number of primary amides is 2. The van der Waals surface area contributed by atoms with Crippen LogP contribution in [0.25, 0.3) is 16.8 Å². The van der Waals surface area contributed by atoms with Gasteiger partial charge in [0.2, 0.25) is 12.3 Å². The van der Waals surface area contributed by atoms with Gasteiger partial charge >= 0.3 is 0 Å². The van der Waals surface area contributed by atoms with Gasteiger partial charge in [0.15, 0.2) is 0 Å². The second-order valence-corrected chi connectivity index (χ2v) is 8.21. The monoisotopic (exact) mass is 469 g/mol. The Bertz CT molecular complexity index is 1140. The van der Waals surface area contributed by atoms with Crippen molar-refractivity contribution < 1.29 is 14.3 Å². The number of hydrogen-bond donors (Lipinski definition) is 2. The predicted molar refractivity (Wildman–Crippen MR) is 129 cm³/mol. The first-order valence-electron chi connectivity index (χ1n) is 10.6. The molecule has 1 aromatic carbocycles. The van der Waals surface area contributed by atoms with Crippen molar-refractivity contribution in [3.63, 3.8) is 0 Å². The molecule has 3 aromatic rings. The molecule has 0 saturated carbocycles. The number of methoxy groups -OCH3 is 1. The largest absolute Gasteiger partial charge is 0.481 e. The van der Waals surface area contributed by atoms with E-state index in [2.05, 4.69) is 21.7 Å². The van der Waals surface area contributed by atoms with Crippen LogP contribution in [0.15, 0.2) is 42.9 Å². The molecule has 2 aromatic heterocycles. The summed E-state index contributed by atoms with van der Waals surface area (Å²) in [4.78, 5) is 27.5. The van der Waals surface area contributed by atoms with Gasteiger partial charge in [-0.25, -0.2) is 4.98 Å². The van der Waals surface area contributed by atoms with Crippen molar-refractivity contribution in [3.8, 4) is 22.7 Å². The SMILES string of the molecule is COc1cc(-n2cc(C(N)=O)c(-c3cc(CN4CCCC4)ccc3Cl)c2)c(C)cn1.NC=O. The maximum atomic E-state index is 12.2. The van der Waals surface area contributed by atoms with Crippen LogP contribution in [0.1, 0.15) is 34.3 Å². The van der Waals surface area contributed by atoms with Crippen LogP contribution < -0.4 is 16.2 Å². The first kappa shape index (κ1) is 24.3. The summed E-state index contributed by atoms with van der Waals surface area (Å²) in [5, 5.41) is 0.587. The molecule has 0 atom stereocenters. The summed E-state index contributed by atoms with van der Waals surface area (Å²) in [6.45, 7) is 5.06. The Morgan fingerprint density at radius 3 is 2.55 bits per heavy atom. The number of halogens is 1. The van der Waals surface area contributed by atoms with Crippen LogP contribution in [0, 0.1) is 6.92 Å². The van der Waals surface area contributed by atoms with E-state index >= 15 is 0 Å².